The molecular weight excluding hydrogens is 328 g/mol. The van der Waals surface area contributed by atoms with E-state index in [0.29, 0.717) is 6.54 Å². The van der Waals surface area contributed by atoms with Gasteiger partial charge < -0.3 is 4.57 Å². The van der Waals surface area contributed by atoms with E-state index in [1.54, 1.807) is 11.3 Å². The van der Waals surface area contributed by atoms with Crippen molar-refractivity contribution in [2.45, 2.75) is 38.6 Å². The molecule has 0 aliphatic heterocycles. The van der Waals surface area contributed by atoms with Gasteiger partial charge in [0.05, 0.1) is 16.8 Å². The van der Waals surface area contributed by atoms with E-state index in [4.69, 9.17) is 6.42 Å². The van der Waals surface area contributed by atoms with E-state index in [1.807, 2.05) is 16.7 Å². The Morgan fingerprint density at radius 1 is 1.20 bits per heavy atom. The highest BCUT2D eigenvalue weighted by molar-refractivity contribution is 7.17. The Kier molecular flexibility index (Phi) is 4.42. The van der Waals surface area contributed by atoms with Crippen molar-refractivity contribution in [2.75, 3.05) is 0 Å². The molecule has 1 aliphatic carbocycles. The zero-order valence-electron chi connectivity index (χ0n) is 14.1. The quantitative estimate of drug-likeness (QED) is 0.628. The third-order valence-corrected chi connectivity index (χ3v) is 6.11. The summed E-state index contributed by atoms with van der Waals surface area (Å²) in [6.45, 7) is 0.426. The molecule has 0 spiro atoms. The number of thiazole rings is 1. The monoisotopic (exact) mass is 348 g/mol. The van der Waals surface area contributed by atoms with E-state index in [-0.39, 0.29) is 11.8 Å². The molecule has 0 bridgehead atoms. The number of nitrogens with zero attached hydrogens (tertiary/aromatic N) is 2. The summed E-state index contributed by atoms with van der Waals surface area (Å²) < 4.78 is 3.14. The number of aromatic nitrogens is 1. The molecule has 3 aromatic rings. The molecule has 25 heavy (non-hydrogen) atoms. The maximum absolute atomic E-state index is 12.6. The highest BCUT2D eigenvalue weighted by atomic mass is 32.1. The van der Waals surface area contributed by atoms with Gasteiger partial charge in [-0.1, -0.05) is 66.9 Å². The second-order valence-electron chi connectivity index (χ2n) is 6.59. The van der Waals surface area contributed by atoms with Gasteiger partial charge in [-0.2, -0.15) is 4.99 Å². The number of carbonyl (C=O) groups is 1. The van der Waals surface area contributed by atoms with Gasteiger partial charge in [0, 0.05) is 11.3 Å². The van der Waals surface area contributed by atoms with Crippen molar-refractivity contribution in [3.8, 4) is 12.3 Å². The van der Waals surface area contributed by atoms with Crippen LogP contribution in [0.3, 0.4) is 0 Å². The number of benzene rings is 2. The van der Waals surface area contributed by atoms with E-state index in [2.05, 4.69) is 35.2 Å². The predicted octanol–water partition coefficient (Wildman–Crippen LogP) is 4.50. The molecule has 0 N–H and O–H groups in total. The number of fused-ring (bicyclic) bond motifs is 3. The summed E-state index contributed by atoms with van der Waals surface area (Å²) in [4.78, 5) is 17.9. The van der Waals surface area contributed by atoms with Gasteiger partial charge in [-0.05, 0) is 24.3 Å². The second-order valence-corrected chi connectivity index (χ2v) is 7.57. The lowest BCUT2D eigenvalue weighted by atomic mass is 9.89. The van der Waals surface area contributed by atoms with Gasteiger partial charge in [0.25, 0.3) is 5.91 Å². The topological polar surface area (TPSA) is 34.4 Å². The van der Waals surface area contributed by atoms with Crippen LogP contribution in [0.25, 0.3) is 21.0 Å². The van der Waals surface area contributed by atoms with E-state index < -0.39 is 0 Å². The van der Waals surface area contributed by atoms with Crippen LogP contribution in [-0.2, 0) is 11.3 Å². The molecule has 2 aromatic carbocycles. The highest BCUT2D eigenvalue weighted by Crippen LogP contribution is 2.28. The van der Waals surface area contributed by atoms with Gasteiger partial charge in [-0.15, -0.1) is 6.42 Å². The fraction of sp³-hybridized carbons (Fsp3) is 0.333. The lowest BCUT2D eigenvalue weighted by Gasteiger charge is -2.17. The minimum atomic E-state index is 0.0151. The highest BCUT2D eigenvalue weighted by Gasteiger charge is 2.21. The number of hydrogen-bond donors (Lipinski definition) is 0. The molecular formula is C21H20N2OS. The van der Waals surface area contributed by atoms with Crippen LogP contribution in [0, 0.1) is 18.3 Å². The largest absolute Gasteiger partial charge is 0.305 e. The van der Waals surface area contributed by atoms with Crippen molar-refractivity contribution < 1.29 is 4.79 Å². The normalized spacial score (nSPS) is 16.4. The fourth-order valence-electron chi connectivity index (χ4n) is 3.66. The van der Waals surface area contributed by atoms with Crippen LogP contribution < -0.4 is 4.80 Å². The molecule has 0 radical (unpaired) electrons. The van der Waals surface area contributed by atoms with Crippen molar-refractivity contribution >= 4 is 38.2 Å². The second kappa shape index (κ2) is 6.85. The van der Waals surface area contributed by atoms with Gasteiger partial charge in [-0.3, -0.25) is 4.79 Å². The van der Waals surface area contributed by atoms with Crippen molar-refractivity contribution in [3.05, 3.63) is 41.2 Å². The molecule has 126 valence electrons. The van der Waals surface area contributed by atoms with E-state index in [0.717, 1.165) is 40.7 Å². The van der Waals surface area contributed by atoms with Crippen LogP contribution in [0.5, 0.6) is 0 Å². The molecule has 1 aromatic heterocycles. The summed E-state index contributed by atoms with van der Waals surface area (Å²) in [5.74, 6) is 2.80. The molecule has 1 fully saturated rings. The first-order valence-electron chi connectivity index (χ1n) is 8.81. The molecule has 1 amide bonds. The summed E-state index contributed by atoms with van der Waals surface area (Å²) >= 11 is 1.57. The van der Waals surface area contributed by atoms with Crippen molar-refractivity contribution in [1.82, 2.24) is 4.57 Å². The first kappa shape index (κ1) is 16.1. The first-order valence-corrected chi connectivity index (χ1v) is 9.62. The smallest absolute Gasteiger partial charge is 0.251 e. The van der Waals surface area contributed by atoms with Crippen LogP contribution in [0.2, 0.25) is 0 Å². The number of terminal acetylenes is 1. The molecule has 0 saturated heterocycles. The Balaban J connectivity index is 1.88. The van der Waals surface area contributed by atoms with Crippen molar-refractivity contribution in [2.24, 2.45) is 10.9 Å². The third-order valence-electron chi connectivity index (χ3n) is 4.98. The maximum atomic E-state index is 12.6. The minimum Gasteiger partial charge on any atom is -0.305 e. The molecule has 4 heteroatoms. The maximum Gasteiger partial charge on any atom is 0.251 e. The summed E-state index contributed by atoms with van der Waals surface area (Å²) in [5, 5.41) is 2.37. The van der Waals surface area contributed by atoms with Crippen LogP contribution >= 0.6 is 11.3 Å². The van der Waals surface area contributed by atoms with Gasteiger partial charge >= 0.3 is 0 Å². The zero-order valence-corrected chi connectivity index (χ0v) is 14.9. The lowest BCUT2D eigenvalue weighted by Crippen LogP contribution is -2.21. The number of hydrogen-bond acceptors (Lipinski definition) is 2. The third kappa shape index (κ3) is 3.01. The fourth-order valence-corrected chi connectivity index (χ4v) is 4.83. The average molecular weight is 348 g/mol. The van der Waals surface area contributed by atoms with E-state index in [9.17, 15) is 4.79 Å². The lowest BCUT2D eigenvalue weighted by molar-refractivity contribution is -0.122. The molecule has 4 rings (SSSR count). The minimum absolute atomic E-state index is 0.0151. The SMILES string of the molecule is C#CCn1c(=NC(=O)C2CCCCC2)sc2c3ccccc3ccc21. The van der Waals surface area contributed by atoms with Gasteiger partial charge in [-0.25, -0.2) is 0 Å². The number of rotatable bonds is 2. The van der Waals surface area contributed by atoms with Crippen LogP contribution in [0.1, 0.15) is 32.1 Å². The van der Waals surface area contributed by atoms with Crippen molar-refractivity contribution in [1.29, 1.82) is 0 Å². The van der Waals surface area contributed by atoms with E-state index >= 15 is 0 Å². The number of amides is 1. The molecule has 1 aliphatic rings. The Labute approximate surface area is 151 Å². The van der Waals surface area contributed by atoms with Crippen LogP contribution in [0.4, 0.5) is 0 Å². The molecule has 0 unspecified atom stereocenters. The van der Waals surface area contributed by atoms with Gasteiger partial charge in [0.1, 0.15) is 0 Å². The summed E-state index contributed by atoms with van der Waals surface area (Å²) in [7, 11) is 0. The molecule has 1 saturated carbocycles. The Bertz CT molecular complexity index is 1050. The van der Waals surface area contributed by atoms with Gasteiger partial charge in [0.2, 0.25) is 0 Å². The summed E-state index contributed by atoms with van der Waals surface area (Å²) in [6, 6.07) is 12.5. The average Bonchev–Trinajstić information content (AvgIpc) is 3.00. The first-order chi connectivity index (χ1) is 12.3. The standard InChI is InChI=1S/C21H20N2OS/c1-2-14-23-18-13-12-15-8-6-7-11-17(15)19(18)25-21(23)22-20(24)16-9-4-3-5-10-16/h1,6-8,11-13,16H,3-5,9-10,14H2. The van der Waals surface area contributed by atoms with E-state index in [1.165, 1.54) is 17.2 Å². The summed E-state index contributed by atoms with van der Waals surface area (Å²) in [6.07, 6.45) is 11.0. The summed E-state index contributed by atoms with van der Waals surface area (Å²) in [5.41, 5.74) is 1.05. The molecule has 0 atom stereocenters. The van der Waals surface area contributed by atoms with Crippen molar-refractivity contribution in [3.63, 3.8) is 0 Å². The molecule has 3 nitrogen and oxygen atoms in total. The Morgan fingerprint density at radius 3 is 2.80 bits per heavy atom. The Hall–Kier alpha value is -2.38. The predicted molar refractivity (Wildman–Crippen MR) is 103 cm³/mol. The molecule has 1 heterocycles. The van der Waals surface area contributed by atoms with Gasteiger partial charge in [0.15, 0.2) is 4.80 Å². The number of carbonyl (C=O) groups excluding carboxylic acids is 1. The van der Waals surface area contributed by atoms with Crippen LogP contribution in [0.15, 0.2) is 41.4 Å². The van der Waals surface area contributed by atoms with Crippen LogP contribution in [-0.4, -0.2) is 10.5 Å². The Morgan fingerprint density at radius 2 is 2.00 bits per heavy atom. The zero-order chi connectivity index (χ0) is 17.2.